The fourth-order valence-electron chi connectivity index (χ4n) is 2.37. The largest absolute Gasteiger partial charge is 0.475 e. The topological polar surface area (TPSA) is 48.1 Å². The number of ether oxygens (including phenoxy) is 1. The first kappa shape index (κ1) is 13.8. The van der Waals surface area contributed by atoms with E-state index < -0.39 is 0 Å². The summed E-state index contributed by atoms with van der Waals surface area (Å²) in [5.74, 6) is 1.29. The van der Waals surface area contributed by atoms with Gasteiger partial charge < -0.3 is 10.5 Å². The molecule has 0 saturated carbocycles. The summed E-state index contributed by atoms with van der Waals surface area (Å²) in [5.41, 5.74) is 7.84. The molecular formula is C16H22N2O. The van der Waals surface area contributed by atoms with Gasteiger partial charge in [-0.05, 0) is 30.9 Å². The van der Waals surface area contributed by atoms with Crippen molar-refractivity contribution >= 4 is 10.9 Å². The Hall–Kier alpha value is -1.61. The third-order valence-electron chi connectivity index (χ3n) is 3.12. The van der Waals surface area contributed by atoms with Crippen molar-refractivity contribution in [3.63, 3.8) is 0 Å². The van der Waals surface area contributed by atoms with E-state index in [1.807, 2.05) is 30.3 Å². The molecule has 2 aromatic rings. The second-order valence-corrected chi connectivity index (χ2v) is 5.40. The predicted molar refractivity (Wildman–Crippen MR) is 79.2 cm³/mol. The first-order chi connectivity index (χ1) is 9.10. The minimum atomic E-state index is 0.166. The Morgan fingerprint density at radius 1 is 1.21 bits per heavy atom. The molecule has 19 heavy (non-hydrogen) atoms. The van der Waals surface area contributed by atoms with Crippen LogP contribution in [0.2, 0.25) is 0 Å². The molecule has 0 radical (unpaired) electrons. The Morgan fingerprint density at radius 3 is 2.63 bits per heavy atom. The molecule has 0 amide bonds. The molecule has 0 aliphatic carbocycles. The van der Waals surface area contributed by atoms with Crippen LogP contribution < -0.4 is 10.5 Å². The van der Waals surface area contributed by atoms with Gasteiger partial charge in [0.25, 0.3) is 0 Å². The highest BCUT2D eigenvalue weighted by molar-refractivity contribution is 5.82. The van der Waals surface area contributed by atoms with Crippen LogP contribution in [0, 0.1) is 5.92 Å². The van der Waals surface area contributed by atoms with E-state index in [-0.39, 0.29) is 6.10 Å². The minimum Gasteiger partial charge on any atom is -0.475 e. The summed E-state index contributed by atoms with van der Waals surface area (Å²) in [7, 11) is 0. The third-order valence-corrected chi connectivity index (χ3v) is 3.12. The van der Waals surface area contributed by atoms with Crippen LogP contribution in [0.4, 0.5) is 0 Å². The lowest BCUT2D eigenvalue weighted by molar-refractivity contribution is 0.186. The zero-order chi connectivity index (χ0) is 13.8. The summed E-state index contributed by atoms with van der Waals surface area (Å²) in [4.78, 5) is 4.55. The molecule has 1 aromatic carbocycles. The maximum Gasteiger partial charge on any atom is 0.214 e. The number of hydrogen-bond donors (Lipinski definition) is 1. The van der Waals surface area contributed by atoms with Crippen molar-refractivity contribution in [3.05, 3.63) is 35.9 Å². The molecule has 0 aliphatic rings. The van der Waals surface area contributed by atoms with E-state index in [4.69, 9.17) is 10.5 Å². The summed E-state index contributed by atoms with van der Waals surface area (Å²) in [6, 6.07) is 9.99. The summed E-state index contributed by atoms with van der Waals surface area (Å²) in [6.07, 6.45) is 1.19. The number of nitrogens with two attached hydrogens (primary N) is 1. The van der Waals surface area contributed by atoms with Crippen molar-refractivity contribution in [2.24, 2.45) is 11.7 Å². The van der Waals surface area contributed by atoms with Crippen molar-refractivity contribution in [2.75, 3.05) is 0 Å². The van der Waals surface area contributed by atoms with Crippen LogP contribution in [0.15, 0.2) is 30.3 Å². The maximum atomic E-state index is 5.91. The van der Waals surface area contributed by atoms with Gasteiger partial charge in [-0.15, -0.1) is 0 Å². The number of aromatic nitrogens is 1. The highest BCUT2D eigenvalue weighted by Gasteiger charge is 2.10. The third kappa shape index (κ3) is 3.44. The first-order valence-electron chi connectivity index (χ1n) is 6.85. The molecule has 102 valence electrons. The number of fused-ring (bicyclic) bond motifs is 1. The Morgan fingerprint density at radius 2 is 1.95 bits per heavy atom. The summed E-state index contributed by atoms with van der Waals surface area (Å²) < 4.78 is 5.91. The number of pyridine rings is 1. The summed E-state index contributed by atoms with van der Waals surface area (Å²) >= 11 is 0. The van der Waals surface area contributed by atoms with E-state index in [0.29, 0.717) is 18.3 Å². The molecule has 3 nitrogen and oxygen atoms in total. The van der Waals surface area contributed by atoms with Gasteiger partial charge in [0.15, 0.2) is 0 Å². The molecule has 1 heterocycles. The normalized spacial score (nSPS) is 12.9. The van der Waals surface area contributed by atoms with Gasteiger partial charge in [0.05, 0.1) is 11.6 Å². The van der Waals surface area contributed by atoms with Crippen LogP contribution in [-0.2, 0) is 6.54 Å². The van der Waals surface area contributed by atoms with E-state index in [1.165, 1.54) is 0 Å². The molecule has 3 heteroatoms. The molecule has 1 unspecified atom stereocenters. The summed E-state index contributed by atoms with van der Waals surface area (Å²) in [6.45, 7) is 6.97. The van der Waals surface area contributed by atoms with Crippen LogP contribution in [0.1, 0.15) is 32.8 Å². The lowest BCUT2D eigenvalue weighted by atomic mass is 10.1. The van der Waals surface area contributed by atoms with Crippen LogP contribution in [0.3, 0.4) is 0 Å². The standard InChI is InChI=1S/C16H22N2O/c1-11(2)8-12(3)19-16-9-13(10-17)14-6-4-5-7-15(14)18-16/h4-7,9,11-12H,8,10,17H2,1-3H3. The molecule has 0 bridgehead atoms. The van der Waals surface area contributed by atoms with Gasteiger partial charge in [0.2, 0.25) is 5.88 Å². The quantitative estimate of drug-likeness (QED) is 0.892. The Kier molecular flexibility index (Phi) is 4.38. The van der Waals surface area contributed by atoms with Crippen molar-refractivity contribution in [2.45, 2.75) is 39.8 Å². The molecule has 0 spiro atoms. The lowest BCUT2D eigenvalue weighted by Gasteiger charge is -2.17. The molecular weight excluding hydrogens is 236 g/mol. The van der Waals surface area contributed by atoms with Crippen LogP contribution >= 0.6 is 0 Å². The predicted octanol–water partition coefficient (Wildman–Crippen LogP) is 3.51. The van der Waals surface area contributed by atoms with Crippen LogP contribution in [0.5, 0.6) is 5.88 Å². The summed E-state index contributed by atoms with van der Waals surface area (Å²) in [5, 5.41) is 1.11. The van der Waals surface area contributed by atoms with Crippen molar-refractivity contribution < 1.29 is 4.74 Å². The Labute approximate surface area is 114 Å². The monoisotopic (exact) mass is 258 g/mol. The second-order valence-electron chi connectivity index (χ2n) is 5.40. The van der Waals surface area contributed by atoms with E-state index in [0.717, 1.165) is 22.9 Å². The average Bonchev–Trinajstić information content (AvgIpc) is 2.36. The number of rotatable bonds is 5. The molecule has 1 atom stereocenters. The highest BCUT2D eigenvalue weighted by atomic mass is 16.5. The molecule has 0 aliphatic heterocycles. The number of nitrogens with zero attached hydrogens (tertiary/aromatic N) is 1. The maximum absolute atomic E-state index is 5.91. The highest BCUT2D eigenvalue weighted by Crippen LogP contribution is 2.23. The minimum absolute atomic E-state index is 0.166. The van der Waals surface area contributed by atoms with Gasteiger partial charge >= 0.3 is 0 Å². The molecule has 1 aromatic heterocycles. The van der Waals surface area contributed by atoms with Crippen molar-refractivity contribution in [1.29, 1.82) is 0 Å². The number of benzene rings is 1. The van der Waals surface area contributed by atoms with Crippen LogP contribution in [-0.4, -0.2) is 11.1 Å². The van der Waals surface area contributed by atoms with Gasteiger partial charge in [-0.2, -0.15) is 0 Å². The first-order valence-corrected chi connectivity index (χ1v) is 6.85. The Balaban J connectivity index is 2.29. The van der Waals surface area contributed by atoms with Gasteiger partial charge in [0.1, 0.15) is 0 Å². The number of hydrogen-bond acceptors (Lipinski definition) is 3. The molecule has 2 N–H and O–H groups in total. The zero-order valence-electron chi connectivity index (χ0n) is 11.9. The zero-order valence-corrected chi connectivity index (χ0v) is 11.9. The number of para-hydroxylation sites is 1. The lowest BCUT2D eigenvalue weighted by Crippen LogP contribution is -2.15. The SMILES string of the molecule is CC(C)CC(C)Oc1cc(CN)c2ccccc2n1. The molecule has 0 saturated heterocycles. The van der Waals surface area contributed by atoms with Crippen molar-refractivity contribution in [1.82, 2.24) is 4.98 Å². The van der Waals surface area contributed by atoms with Gasteiger partial charge in [0, 0.05) is 18.0 Å². The molecule has 2 rings (SSSR count). The van der Waals surface area contributed by atoms with E-state index >= 15 is 0 Å². The van der Waals surface area contributed by atoms with Gasteiger partial charge in [-0.25, -0.2) is 4.98 Å². The van der Waals surface area contributed by atoms with E-state index in [9.17, 15) is 0 Å². The van der Waals surface area contributed by atoms with Crippen LogP contribution in [0.25, 0.3) is 10.9 Å². The van der Waals surface area contributed by atoms with Gasteiger partial charge in [-0.1, -0.05) is 32.0 Å². The average molecular weight is 258 g/mol. The Bertz CT molecular complexity index is 551. The van der Waals surface area contributed by atoms with E-state index in [1.54, 1.807) is 0 Å². The smallest absolute Gasteiger partial charge is 0.214 e. The molecule has 0 fully saturated rings. The van der Waals surface area contributed by atoms with E-state index in [2.05, 4.69) is 25.8 Å². The van der Waals surface area contributed by atoms with Gasteiger partial charge in [-0.3, -0.25) is 0 Å². The van der Waals surface area contributed by atoms with Crippen molar-refractivity contribution in [3.8, 4) is 5.88 Å². The fourth-order valence-corrected chi connectivity index (χ4v) is 2.37. The fraction of sp³-hybridized carbons (Fsp3) is 0.438. The second kappa shape index (κ2) is 6.02.